The summed E-state index contributed by atoms with van der Waals surface area (Å²) in [6, 6.07) is 18.3. The summed E-state index contributed by atoms with van der Waals surface area (Å²) >= 11 is 6.27. The highest BCUT2D eigenvalue weighted by molar-refractivity contribution is 6.31. The quantitative estimate of drug-likeness (QED) is 0.340. The number of halogens is 1. The van der Waals surface area contributed by atoms with Gasteiger partial charge in [0, 0.05) is 46.0 Å². The van der Waals surface area contributed by atoms with Gasteiger partial charge in [0.05, 0.1) is 5.52 Å². The predicted octanol–water partition coefficient (Wildman–Crippen LogP) is 6.06. The maximum Gasteiger partial charge on any atom is 0.257 e. The van der Waals surface area contributed by atoms with Gasteiger partial charge in [-0.25, -0.2) is 0 Å². The second kappa shape index (κ2) is 7.57. The van der Waals surface area contributed by atoms with Crippen molar-refractivity contribution in [2.45, 2.75) is 26.2 Å². The summed E-state index contributed by atoms with van der Waals surface area (Å²) in [7, 11) is 2.00. The molecule has 0 fully saturated rings. The summed E-state index contributed by atoms with van der Waals surface area (Å²) in [6.07, 6.45) is 3.59. The van der Waals surface area contributed by atoms with E-state index in [0.717, 1.165) is 39.2 Å². The average Bonchev–Trinajstić information content (AvgIpc) is 3.26. The number of benzene rings is 2. The number of rotatable bonds is 3. The van der Waals surface area contributed by atoms with Gasteiger partial charge in [-0.05, 0) is 42.0 Å². The van der Waals surface area contributed by atoms with Gasteiger partial charge in [-0.15, -0.1) is 10.2 Å². The Morgan fingerprint density at radius 3 is 2.56 bits per heavy atom. The van der Waals surface area contributed by atoms with Crippen molar-refractivity contribution >= 4 is 39.8 Å². The fourth-order valence-corrected chi connectivity index (χ4v) is 3.97. The smallest absolute Gasteiger partial charge is 0.257 e. The number of nitrogens with zero attached hydrogens (tertiary/aromatic N) is 6. The van der Waals surface area contributed by atoms with Crippen molar-refractivity contribution in [1.29, 1.82) is 0 Å². The Labute approximate surface area is 191 Å². The van der Waals surface area contributed by atoms with Crippen LogP contribution in [0.2, 0.25) is 5.02 Å². The highest BCUT2D eigenvalue weighted by Gasteiger charge is 2.17. The Bertz CT molecular complexity index is 1430. The van der Waals surface area contributed by atoms with E-state index < -0.39 is 0 Å². The van der Waals surface area contributed by atoms with Gasteiger partial charge >= 0.3 is 0 Å². The summed E-state index contributed by atoms with van der Waals surface area (Å²) in [5.74, 6) is 1.32. The summed E-state index contributed by atoms with van der Waals surface area (Å²) in [5.41, 5.74) is 5.19. The van der Waals surface area contributed by atoms with Crippen LogP contribution >= 0.6 is 11.6 Å². The van der Waals surface area contributed by atoms with Crippen LogP contribution in [0, 0.1) is 0 Å². The van der Waals surface area contributed by atoms with Gasteiger partial charge in [-0.3, -0.25) is 9.38 Å². The first-order valence-corrected chi connectivity index (χ1v) is 10.8. The van der Waals surface area contributed by atoms with Crippen molar-refractivity contribution in [3.63, 3.8) is 0 Å². The van der Waals surface area contributed by atoms with Crippen LogP contribution in [0.15, 0.2) is 67.1 Å². The molecule has 5 aromatic rings. The molecule has 0 aliphatic heterocycles. The van der Waals surface area contributed by atoms with Crippen LogP contribution in [-0.2, 0) is 5.41 Å². The summed E-state index contributed by atoms with van der Waals surface area (Å²) in [4.78, 5) is 11.5. The molecule has 0 radical (unpaired) electrons. The van der Waals surface area contributed by atoms with E-state index in [1.54, 1.807) is 6.33 Å². The standard InChI is InChI=1S/C25H23ClN6/c1-25(2,3)22-11-8-17(14-27-22)16-6-5-7-19(12-16)31(4)23-20-10-9-18(26)13-21(20)32-15-28-30-24(32)29-23/h5-15H,1-4H3. The number of pyridine rings is 1. The van der Waals surface area contributed by atoms with Crippen molar-refractivity contribution in [3.8, 4) is 11.1 Å². The highest BCUT2D eigenvalue weighted by atomic mass is 35.5. The molecule has 0 saturated heterocycles. The largest absolute Gasteiger partial charge is 0.329 e. The molecule has 0 N–H and O–H groups in total. The van der Waals surface area contributed by atoms with Gasteiger partial charge in [0.1, 0.15) is 12.1 Å². The lowest BCUT2D eigenvalue weighted by Gasteiger charge is -2.21. The first-order chi connectivity index (χ1) is 15.3. The van der Waals surface area contributed by atoms with E-state index in [0.29, 0.717) is 10.8 Å². The molecule has 160 valence electrons. The van der Waals surface area contributed by atoms with Gasteiger partial charge in [0.15, 0.2) is 0 Å². The van der Waals surface area contributed by atoms with E-state index in [1.807, 2.05) is 41.9 Å². The molecule has 7 heteroatoms. The molecule has 0 saturated carbocycles. The average molecular weight is 443 g/mol. The third-order valence-electron chi connectivity index (χ3n) is 5.61. The molecule has 0 amide bonds. The molecule has 5 rings (SSSR count). The van der Waals surface area contributed by atoms with E-state index in [4.69, 9.17) is 16.6 Å². The van der Waals surface area contributed by atoms with Gasteiger partial charge in [0.2, 0.25) is 0 Å². The molecule has 0 atom stereocenters. The second-order valence-electron chi connectivity index (χ2n) is 8.89. The van der Waals surface area contributed by atoms with E-state index in [-0.39, 0.29) is 5.41 Å². The lowest BCUT2D eigenvalue weighted by atomic mass is 9.91. The molecule has 3 heterocycles. The molecule has 32 heavy (non-hydrogen) atoms. The molecule has 0 aliphatic carbocycles. The van der Waals surface area contributed by atoms with Gasteiger partial charge in [-0.1, -0.05) is 50.6 Å². The molecule has 3 aromatic heterocycles. The maximum absolute atomic E-state index is 6.27. The van der Waals surface area contributed by atoms with E-state index in [2.05, 4.69) is 71.2 Å². The minimum absolute atomic E-state index is 0.0244. The summed E-state index contributed by atoms with van der Waals surface area (Å²) in [5, 5.41) is 9.78. The second-order valence-corrected chi connectivity index (χ2v) is 9.33. The molecule has 2 aromatic carbocycles. The lowest BCUT2D eigenvalue weighted by molar-refractivity contribution is 0.569. The lowest BCUT2D eigenvalue weighted by Crippen LogP contribution is -2.13. The Balaban J connectivity index is 1.58. The van der Waals surface area contributed by atoms with Crippen LogP contribution in [0.3, 0.4) is 0 Å². The van der Waals surface area contributed by atoms with Crippen LogP contribution in [0.25, 0.3) is 27.8 Å². The highest BCUT2D eigenvalue weighted by Crippen LogP contribution is 2.33. The van der Waals surface area contributed by atoms with E-state index in [9.17, 15) is 0 Å². The van der Waals surface area contributed by atoms with E-state index in [1.165, 1.54) is 0 Å². The fourth-order valence-electron chi connectivity index (χ4n) is 3.80. The normalized spacial score (nSPS) is 11.9. The Morgan fingerprint density at radius 1 is 0.969 bits per heavy atom. The molecule has 0 aliphatic rings. The molecular formula is C25H23ClN6. The number of hydrogen-bond acceptors (Lipinski definition) is 5. The van der Waals surface area contributed by atoms with Crippen LogP contribution < -0.4 is 4.90 Å². The van der Waals surface area contributed by atoms with Crippen LogP contribution in [-0.4, -0.2) is 31.6 Å². The van der Waals surface area contributed by atoms with Crippen LogP contribution in [0.1, 0.15) is 26.5 Å². The molecule has 0 unspecified atom stereocenters. The van der Waals surface area contributed by atoms with Crippen molar-refractivity contribution in [2.75, 3.05) is 11.9 Å². The number of hydrogen-bond donors (Lipinski definition) is 0. The topological polar surface area (TPSA) is 59.2 Å². The minimum atomic E-state index is 0.0244. The van der Waals surface area contributed by atoms with Crippen molar-refractivity contribution in [1.82, 2.24) is 24.6 Å². The minimum Gasteiger partial charge on any atom is -0.329 e. The Hall–Kier alpha value is -3.51. The predicted molar refractivity (Wildman–Crippen MR) is 130 cm³/mol. The number of aromatic nitrogens is 5. The van der Waals surface area contributed by atoms with Crippen molar-refractivity contribution in [3.05, 3.63) is 77.8 Å². The molecule has 0 spiro atoms. The number of fused-ring (bicyclic) bond motifs is 3. The Kier molecular flexibility index (Phi) is 4.82. The zero-order valence-electron chi connectivity index (χ0n) is 18.4. The SMILES string of the molecule is CN(c1cccc(-c2ccc(C(C)(C)C)nc2)c1)c1nc2nncn2c2cc(Cl)ccc12. The third-order valence-corrected chi connectivity index (χ3v) is 5.85. The first-order valence-electron chi connectivity index (χ1n) is 10.4. The molecular weight excluding hydrogens is 420 g/mol. The van der Waals surface area contributed by atoms with Gasteiger partial charge < -0.3 is 4.90 Å². The van der Waals surface area contributed by atoms with Crippen LogP contribution in [0.4, 0.5) is 11.5 Å². The zero-order valence-corrected chi connectivity index (χ0v) is 19.2. The molecule has 6 nitrogen and oxygen atoms in total. The first kappa shape index (κ1) is 20.4. The third kappa shape index (κ3) is 3.56. The molecule has 0 bridgehead atoms. The maximum atomic E-state index is 6.27. The van der Waals surface area contributed by atoms with Crippen molar-refractivity contribution in [2.24, 2.45) is 0 Å². The summed E-state index contributed by atoms with van der Waals surface area (Å²) < 4.78 is 1.84. The summed E-state index contributed by atoms with van der Waals surface area (Å²) in [6.45, 7) is 6.50. The Morgan fingerprint density at radius 2 is 1.81 bits per heavy atom. The van der Waals surface area contributed by atoms with Crippen molar-refractivity contribution < 1.29 is 0 Å². The van der Waals surface area contributed by atoms with Gasteiger partial charge in [0.25, 0.3) is 5.78 Å². The van der Waals surface area contributed by atoms with Gasteiger partial charge in [-0.2, -0.15) is 4.98 Å². The fraction of sp³-hybridized carbons (Fsp3) is 0.200. The number of anilines is 2. The monoisotopic (exact) mass is 442 g/mol. The van der Waals surface area contributed by atoms with Crippen LogP contribution in [0.5, 0.6) is 0 Å². The van der Waals surface area contributed by atoms with E-state index >= 15 is 0 Å². The zero-order chi connectivity index (χ0) is 22.5.